The van der Waals surface area contributed by atoms with Gasteiger partial charge in [0.05, 0.1) is 17.6 Å². The van der Waals surface area contributed by atoms with Crippen LogP contribution in [0.5, 0.6) is 5.75 Å². The molecule has 1 saturated heterocycles. The van der Waals surface area contributed by atoms with E-state index < -0.39 is 0 Å². The number of carbonyl (C=O) groups excluding carboxylic acids is 1. The molecule has 1 aliphatic rings. The van der Waals surface area contributed by atoms with Crippen molar-refractivity contribution in [2.24, 2.45) is 0 Å². The van der Waals surface area contributed by atoms with Crippen LogP contribution in [0.3, 0.4) is 0 Å². The normalized spacial score (nSPS) is 15.8. The van der Waals surface area contributed by atoms with Crippen molar-refractivity contribution < 1.29 is 9.53 Å². The third kappa shape index (κ3) is 5.09. The van der Waals surface area contributed by atoms with Gasteiger partial charge in [0.25, 0.3) is 0 Å². The number of anilines is 1. The SMILES string of the molecule is CCc1ccc(N2CC(c3nc4ccccc4n3CCCCOc3ccc(C)cc3)CC2=O)cc1. The number of nitrogens with zero attached hydrogens (tertiary/aromatic N) is 3. The Morgan fingerprint density at radius 1 is 0.971 bits per heavy atom. The summed E-state index contributed by atoms with van der Waals surface area (Å²) >= 11 is 0. The van der Waals surface area contributed by atoms with E-state index in [0.717, 1.165) is 54.1 Å². The van der Waals surface area contributed by atoms with Crippen LogP contribution in [0.2, 0.25) is 0 Å². The van der Waals surface area contributed by atoms with Crippen LogP contribution in [0.15, 0.2) is 72.8 Å². The smallest absolute Gasteiger partial charge is 0.227 e. The van der Waals surface area contributed by atoms with Crippen molar-refractivity contribution in [3.63, 3.8) is 0 Å². The lowest BCUT2D eigenvalue weighted by atomic mass is 10.1. The molecular weight excluding hydrogens is 434 g/mol. The van der Waals surface area contributed by atoms with Crippen molar-refractivity contribution in [1.82, 2.24) is 9.55 Å². The molecular formula is C30H33N3O2. The number of benzene rings is 3. The molecule has 1 aliphatic heterocycles. The van der Waals surface area contributed by atoms with Gasteiger partial charge in [0.15, 0.2) is 0 Å². The number of imidazole rings is 1. The first-order chi connectivity index (χ1) is 17.1. The molecule has 1 fully saturated rings. The Morgan fingerprint density at radius 3 is 2.51 bits per heavy atom. The number of amides is 1. The average Bonchev–Trinajstić information content (AvgIpc) is 3.45. The van der Waals surface area contributed by atoms with Crippen LogP contribution in [-0.2, 0) is 17.8 Å². The molecule has 5 nitrogen and oxygen atoms in total. The maximum atomic E-state index is 13.0. The van der Waals surface area contributed by atoms with E-state index in [1.807, 2.05) is 23.1 Å². The molecule has 0 N–H and O–H groups in total. The van der Waals surface area contributed by atoms with E-state index in [9.17, 15) is 4.79 Å². The zero-order valence-electron chi connectivity index (χ0n) is 20.6. The summed E-state index contributed by atoms with van der Waals surface area (Å²) in [6.07, 6.45) is 3.44. The summed E-state index contributed by atoms with van der Waals surface area (Å²) < 4.78 is 8.24. The van der Waals surface area contributed by atoms with Gasteiger partial charge in [-0.2, -0.15) is 0 Å². The molecule has 35 heavy (non-hydrogen) atoms. The highest BCUT2D eigenvalue weighted by atomic mass is 16.5. The lowest BCUT2D eigenvalue weighted by molar-refractivity contribution is -0.117. The van der Waals surface area contributed by atoms with Crippen molar-refractivity contribution in [2.45, 2.75) is 52.0 Å². The van der Waals surface area contributed by atoms with E-state index in [4.69, 9.17) is 9.72 Å². The zero-order chi connectivity index (χ0) is 24.2. The summed E-state index contributed by atoms with van der Waals surface area (Å²) in [5.74, 6) is 2.20. The van der Waals surface area contributed by atoms with Gasteiger partial charge in [-0.3, -0.25) is 4.79 Å². The van der Waals surface area contributed by atoms with Gasteiger partial charge in [0.2, 0.25) is 5.91 Å². The minimum Gasteiger partial charge on any atom is -0.494 e. The van der Waals surface area contributed by atoms with E-state index in [1.54, 1.807) is 0 Å². The minimum absolute atomic E-state index is 0.0876. The molecule has 0 bridgehead atoms. The number of fused-ring (bicyclic) bond motifs is 1. The number of rotatable bonds is 9. The Balaban J connectivity index is 1.28. The van der Waals surface area contributed by atoms with E-state index in [-0.39, 0.29) is 11.8 Å². The van der Waals surface area contributed by atoms with Crippen molar-refractivity contribution >= 4 is 22.6 Å². The molecule has 2 heterocycles. The van der Waals surface area contributed by atoms with E-state index in [2.05, 4.69) is 73.0 Å². The maximum Gasteiger partial charge on any atom is 0.227 e. The molecule has 1 atom stereocenters. The van der Waals surface area contributed by atoms with E-state index in [0.29, 0.717) is 19.6 Å². The lowest BCUT2D eigenvalue weighted by Gasteiger charge is -2.18. The molecule has 3 aromatic carbocycles. The molecule has 5 rings (SSSR count). The number of ether oxygens (including phenoxy) is 1. The van der Waals surface area contributed by atoms with Crippen LogP contribution in [-0.4, -0.2) is 28.6 Å². The van der Waals surface area contributed by atoms with Crippen LogP contribution in [0.25, 0.3) is 11.0 Å². The minimum atomic E-state index is 0.0876. The number of unbranched alkanes of at least 4 members (excludes halogenated alkanes) is 1. The highest BCUT2D eigenvalue weighted by molar-refractivity contribution is 5.96. The average molecular weight is 468 g/mol. The van der Waals surface area contributed by atoms with Crippen LogP contribution < -0.4 is 9.64 Å². The van der Waals surface area contributed by atoms with E-state index in [1.165, 1.54) is 11.1 Å². The molecule has 1 amide bonds. The summed E-state index contributed by atoms with van der Waals surface area (Å²) in [6, 6.07) is 24.8. The first kappa shape index (κ1) is 23.2. The third-order valence-electron chi connectivity index (χ3n) is 6.90. The molecule has 0 saturated carbocycles. The fraction of sp³-hybridized carbons (Fsp3) is 0.333. The monoisotopic (exact) mass is 467 g/mol. The topological polar surface area (TPSA) is 47.4 Å². The van der Waals surface area contributed by atoms with Gasteiger partial charge in [0, 0.05) is 31.1 Å². The van der Waals surface area contributed by atoms with Gasteiger partial charge in [-0.05, 0) is 68.1 Å². The van der Waals surface area contributed by atoms with Gasteiger partial charge < -0.3 is 14.2 Å². The standard InChI is InChI=1S/C30H33N3O2/c1-3-23-12-14-25(15-13-23)33-21-24(20-29(33)34)30-31-27-8-4-5-9-28(27)32(30)18-6-7-19-35-26-16-10-22(2)11-17-26/h4-5,8-17,24H,3,6-7,18-21H2,1-2H3. The highest BCUT2D eigenvalue weighted by Gasteiger charge is 2.34. The molecule has 0 radical (unpaired) electrons. The van der Waals surface area contributed by atoms with Crippen molar-refractivity contribution in [2.75, 3.05) is 18.1 Å². The second-order valence-electron chi connectivity index (χ2n) is 9.40. The largest absolute Gasteiger partial charge is 0.494 e. The summed E-state index contributed by atoms with van der Waals surface area (Å²) in [6.45, 7) is 6.45. The van der Waals surface area contributed by atoms with E-state index >= 15 is 0 Å². The van der Waals surface area contributed by atoms with Crippen LogP contribution in [0.1, 0.15) is 49.1 Å². The predicted molar refractivity (Wildman–Crippen MR) is 141 cm³/mol. The first-order valence-corrected chi connectivity index (χ1v) is 12.7. The first-order valence-electron chi connectivity index (χ1n) is 12.7. The van der Waals surface area contributed by atoms with Gasteiger partial charge in [0.1, 0.15) is 11.6 Å². The fourth-order valence-electron chi connectivity index (χ4n) is 4.88. The van der Waals surface area contributed by atoms with Crippen LogP contribution in [0.4, 0.5) is 5.69 Å². The number of aryl methyl sites for hydroxylation is 3. The van der Waals surface area contributed by atoms with Gasteiger partial charge in [-0.15, -0.1) is 0 Å². The van der Waals surface area contributed by atoms with Gasteiger partial charge in [-0.1, -0.05) is 48.9 Å². The fourth-order valence-corrected chi connectivity index (χ4v) is 4.88. The molecule has 180 valence electrons. The Labute approximate surface area is 207 Å². The molecule has 5 heteroatoms. The molecule has 1 aromatic heterocycles. The van der Waals surface area contributed by atoms with Gasteiger partial charge in [-0.25, -0.2) is 4.98 Å². The summed E-state index contributed by atoms with van der Waals surface area (Å²) in [4.78, 5) is 19.9. The zero-order valence-corrected chi connectivity index (χ0v) is 20.6. The molecule has 1 unspecified atom stereocenters. The second kappa shape index (κ2) is 10.3. The Bertz CT molecular complexity index is 1290. The Kier molecular flexibility index (Phi) is 6.84. The van der Waals surface area contributed by atoms with Crippen molar-refractivity contribution in [3.8, 4) is 5.75 Å². The second-order valence-corrected chi connectivity index (χ2v) is 9.40. The number of carbonyl (C=O) groups is 1. The highest BCUT2D eigenvalue weighted by Crippen LogP contribution is 2.33. The Morgan fingerprint density at radius 2 is 1.74 bits per heavy atom. The molecule has 0 spiro atoms. The molecule has 4 aromatic rings. The number of para-hydroxylation sites is 2. The van der Waals surface area contributed by atoms with Crippen molar-refractivity contribution in [1.29, 1.82) is 0 Å². The van der Waals surface area contributed by atoms with Crippen molar-refractivity contribution in [3.05, 3.63) is 89.7 Å². The van der Waals surface area contributed by atoms with Crippen LogP contribution >= 0.6 is 0 Å². The number of hydrogen-bond donors (Lipinski definition) is 0. The summed E-state index contributed by atoms with van der Waals surface area (Å²) in [7, 11) is 0. The van der Waals surface area contributed by atoms with Crippen LogP contribution in [0, 0.1) is 6.92 Å². The predicted octanol–water partition coefficient (Wildman–Crippen LogP) is 6.29. The lowest BCUT2D eigenvalue weighted by Crippen LogP contribution is -2.24. The number of hydrogen-bond acceptors (Lipinski definition) is 3. The molecule has 0 aliphatic carbocycles. The summed E-state index contributed by atoms with van der Waals surface area (Å²) in [5, 5.41) is 0. The number of aromatic nitrogens is 2. The van der Waals surface area contributed by atoms with Gasteiger partial charge >= 0.3 is 0 Å². The Hall–Kier alpha value is -3.60. The summed E-state index contributed by atoms with van der Waals surface area (Å²) in [5.41, 5.74) is 5.63. The maximum absolute atomic E-state index is 13.0. The quantitative estimate of drug-likeness (QED) is 0.272. The third-order valence-corrected chi connectivity index (χ3v) is 6.90.